The summed E-state index contributed by atoms with van der Waals surface area (Å²) in [6.07, 6.45) is 0. The first-order chi connectivity index (χ1) is 5.28. The minimum atomic E-state index is -0.480. The van der Waals surface area contributed by atoms with Crippen molar-refractivity contribution in [3.8, 4) is 0 Å². The van der Waals surface area contributed by atoms with E-state index in [2.05, 4.69) is 5.32 Å². The standard InChI is InChI=1S/C9H17NO2/c1-6(10-8(3)12)9(4,5)7(2)11/h6H,1-5H3,(H,10,12). The molecule has 1 amide bonds. The summed E-state index contributed by atoms with van der Waals surface area (Å²) in [4.78, 5) is 21.8. The molecule has 1 N–H and O–H groups in total. The Morgan fingerprint density at radius 3 is 1.92 bits per heavy atom. The highest BCUT2D eigenvalue weighted by Crippen LogP contribution is 2.21. The van der Waals surface area contributed by atoms with Gasteiger partial charge in [0.25, 0.3) is 0 Å². The normalized spacial score (nSPS) is 13.8. The molecule has 0 aromatic heterocycles. The smallest absolute Gasteiger partial charge is 0.217 e. The third kappa shape index (κ3) is 2.64. The van der Waals surface area contributed by atoms with E-state index in [1.165, 1.54) is 13.8 Å². The van der Waals surface area contributed by atoms with Crippen molar-refractivity contribution in [3.05, 3.63) is 0 Å². The van der Waals surface area contributed by atoms with Crippen LogP contribution in [0.2, 0.25) is 0 Å². The zero-order chi connectivity index (χ0) is 9.94. The average molecular weight is 171 g/mol. The van der Waals surface area contributed by atoms with Gasteiger partial charge in [-0.15, -0.1) is 0 Å². The highest BCUT2D eigenvalue weighted by molar-refractivity contribution is 5.83. The van der Waals surface area contributed by atoms with Crippen LogP contribution < -0.4 is 5.32 Å². The summed E-state index contributed by atoms with van der Waals surface area (Å²) in [7, 11) is 0. The predicted octanol–water partition coefficient (Wildman–Crippen LogP) is 1.13. The Kier molecular flexibility index (Phi) is 3.43. The minimum Gasteiger partial charge on any atom is -0.353 e. The van der Waals surface area contributed by atoms with Crippen LogP contribution in [0.15, 0.2) is 0 Å². The van der Waals surface area contributed by atoms with Crippen molar-refractivity contribution in [1.29, 1.82) is 0 Å². The lowest BCUT2D eigenvalue weighted by molar-refractivity contribution is -0.127. The van der Waals surface area contributed by atoms with Crippen LogP contribution in [0.4, 0.5) is 0 Å². The molecule has 0 bridgehead atoms. The first kappa shape index (κ1) is 11.1. The maximum Gasteiger partial charge on any atom is 0.217 e. The fraction of sp³-hybridized carbons (Fsp3) is 0.778. The Balaban J connectivity index is 4.35. The molecule has 0 radical (unpaired) electrons. The lowest BCUT2D eigenvalue weighted by atomic mass is 9.82. The molecule has 70 valence electrons. The number of hydrogen-bond donors (Lipinski definition) is 1. The zero-order valence-corrected chi connectivity index (χ0v) is 8.39. The number of Topliss-reactive ketones (excluding diaryl/α,β-unsaturated/α-hetero) is 1. The van der Waals surface area contributed by atoms with Gasteiger partial charge in [0.1, 0.15) is 5.78 Å². The second-order valence-corrected chi connectivity index (χ2v) is 3.70. The first-order valence-electron chi connectivity index (χ1n) is 4.06. The second-order valence-electron chi connectivity index (χ2n) is 3.70. The van der Waals surface area contributed by atoms with Crippen molar-refractivity contribution < 1.29 is 9.59 Å². The van der Waals surface area contributed by atoms with Crippen molar-refractivity contribution in [1.82, 2.24) is 5.32 Å². The molecule has 0 aromatic carbocycles. The van der Waals surface area contributed by atoms with Gasteiger partial charge in [-0.05, 0) is 13.8 Å². The van der Waals surface area contributed by atoms with Crippen molar-refractivity contribution in [2.75, 3.05) is 0 Å². The summed E-state index contributed by atoms with van der Waals surface area (Å²) in [5.74, 6) is -0.0134. The van der Waals surface area contributed by atoms with Crippen LogP contribution in [0.1, 0.15) is 34.6 Å². The van der Waals surface area contributed by atoms with E-state index in [1.807, 2.05) is 20.8 Å². The number of carbonyl (C=O) groups excluding carboxylic acids is 2. The number of carbonyl (C=O) groups is 2. The molecule has 0 aliphatic heterocycles. The quantitative estimate of drug-likeness (QED) is 0.691. The molecule has 1 unspecified atom stereocenters. The first-order valence-corrected chi connectivity index (χ1v) is 4.06. The Morgan fingerprint density at radius 2 is 1.67 bits per heavy atom. The molecule has 0 aromatic rings. The Bertz CT molecular complexity index is 197. The minimum absolute atomic E-state index is 0.0868. The van der Waals surface area contributed by atoms with Crippen LogP contribution in [-0.2, 0) is 9.59 Å². The van der Waals surface area contributed by atoms with Crippen LogP contribution >= 0.6 is 0 Å². The van der Waals surface area contributed by atoms with Crippen LogP contribution in [0.25, 0.3) is 0 Å². The number of ketones is 1. The molecule has 3 nitrogen and oxygen atoms in total. The molecule has 0 aliphatic carbocycles. The summed E-state index contributed by atoms with van der Waals surface area (Å²) < 4.78 is 0. The fourth-order valence-corrected chi connectivity index (χ4v) is 0.790. The molecule has 0 saturated heterocycles. The summed E-state index contributed by atoms with van der Waals surface area (Å²) in [6, 6.07) is -0.118. The highest BCUT2D eigenvalue weighted by atomic mass is 16.1. The summed E-state index contributed by atoms with van der Waals surface area (Å²) >= 11 is 0. The van der Waals surface area contributed by atoms with Crippen LogP contribution in [0, 0.1) is 5.41 Å². The number of amides is 1. The zero-order valence-electron chi connectivity index (χ0n) is 8.39. The van der Waals surface area contributed by atoms with Crippen molar-refractivity contribution in [2.24, 2.45) is 5.41 Å². The molecule has 12 heavy (non-hydrogen) atoms. The van der Waals surface area contributed by atoms with Crippen molar-refractivity contribution in [3.63, 3.8) is 0 Å². The van der Waals surface area contributed by atoms with Crippen molar-refractivity contribution in [2.45, 2.75) is 40.7 Å². The number of nitrogens with one attached hydrogen (secondary N) is 1. The molecule has 0 saturated carbocycles. The molecule has 0 heterocycles. The lowest BCUT2D eigenvalue weighted by Crippen LogP contribution is -2.45. The SMILES string of the molecule is CC(=O)NC(C)C(C)(C)C(C)=O. The van der Waals surface area contributed by atoms with E-state index in [0.717, 1.165) is 0 Å². The van der Waals surface area contributed by atoms with Gasteiger partial charge in [-0.3, -0.25) is 9.59 Å². The van der Waals surface area contributed by atoms with Gasteiger partial charge in [0.2, 0.25) is 5.91 Å². The van der Waals surface area contributed by atoms with Crippen LogP contribution in [-0.4, -0.2) is 17.7 Å². The van der Waals surface area contributed by atoms with Crippen LogP contribution in [0.5, 0.6) is 0 Å². The lowest BCUT2D eigenvalue weighted by Gasteiger charge is -2.29. The van der Waals surface area contributed by atoms with E-state index in [0.29, 0.717) is 0 Å². The highest BCUT2D eigenvalue weighted by Gasteiger charge is 2.30. The van der Waals surface area contributed by atoms with E-state index in [-0.39, 0.29) is 17.7 Å². The van der Waals surface area contributed by atoms with E-state index >= 15 is 0 Å². The molecular formula is C9H17NO2. The second kappa shape index (κ2) is 3.70. The maximum absolute atomic E-state index is 11.1. The van der Waals surface area contributed by atoms with Gasteiger partial charge >= 0.3 is 0 Å². The van der Waals surface area contributed by atoms with Gasteiger partial charge in [-0.2, -0.15) is 0 Å². The van der Waals surface area contributed by atoms with Gasteiger partial charge in [0.05, 0.1) is 0 Å². The Labute approximate surface area is 73.5 Å². The summed E-state index contributed by atoms with van der Waals surface area (Å²) in [5.41, 5.74) is -0.480. The molecule has 0 rings (SSSR count). The van der Waals surface area contributed by atoms with E-state index in [9.17, 15) is 9.59 Å². The Hall–Kier alpha value is -0.860. The molecular weight excluding hydrogens is 154 g/mol. The molecule has 0 spiro atoms. The number of hydrogen-bond acceptors (Lipinski definition) is 2. The van der Waals surface area contributed by atoms with Crippen LogP contribution in [0.3, 0.4) is 0 Å². The maximum atomic E-state index is 11.1. The van der Waals surface area contributed by atoms with E-state index in [4.69, 9.17) is 0 Å². The van der Waals surface area contributed by atoms with Gasteiger partial charge in [-0.25, -0.2) is 0 Å². The molecule has 0 fully saturated rings. The summed E-state index contributed by atoms with van der Waals surface area (Å²) in [6.45, 7) is 8.49. The number of rotatable bonds is 3. The molecule has 0 aliphatic rings. The van der Waals surface area contributed by atoms with Gasteiger partial charge in [0.15, 0.2) is 0 Å². The molecule has 1 atom stereocenters. The van der Waals surface area contributed by atoms with E-state index in [1.54, 1.807) is 0 Å². The monoisotopic (exact) mass is 171 g/mol. The topological polar surface area (TPSA) is 46.2 Å². The Morgan fingerprint density at radius 1 is 1.25 bits per heavy atom. The third-order valence-corrected chi connectivity index (χ3v) is 2.41. The van der Waals surface area contributed by atoms with Crippen molar-refractivity contribution >= 4 is 11.7 Å². The molecule has 3 heteroatoms. The van der Waals surface area contributed by atoms with Gasteiger partial charge in [0, 0.05) is 18.4 Å². The summed E-state index contributed by atoms with van der Waals surface area (Å²) in [5, 5.41) is 2.70. The average Bonchev–Trinajstić information content (AvgIpc) is 1.85. The largest absolute Gasteiger partial charge is 0.353 e. The fourth-order valence-electron chi connectivity index (χ4n) is 0.790. The van der Waals surface area contributed by atoms with Gasteiger partial charge < -0.3 is 5.32 Å². The predicted molar refractivity (Wildman–Crippen MR) is 47.7 cm³/mol. The third-order valence-electron chi connectivity index (χ3n) is 2.41. The van der Waals surface area contributed by atoms with Gasteiger partial charge in [-0.1, -0.05) is 13.8 Å². The van der Waals surface area contributed by atoms with E-state index < -0.39 is 5.41 Å².